The predicted octanol–water partition coefficient (Wildman–Crippen LogP) is 9.65. The van der Waals surface area contributed by atoms with Crippen molar-refractivity contribution in [2.75, 3.05) is 6.61 Å². The molecule has 1 N–H and O–H groups in total. The van der Waals surface area contributed by atoms with E-state index in [0.29, 0.717) is 17.9 Å². The Kier molecular flexibility index (Phi) is 16.6. The first-order valence-corrected chi connectivity index (χ1v) is 14.9. The fourth-order valence-electron chi connectivity index (χ4n) is 4.06. The Morgan fingerprint density at radius 1 is 0.884 bits per heavy atom. The molecule has 0 saturated heterocycles. The number of phenolic OH excluding ortho intramolecular Hbond substituents is 1. The molecule has 5 nitrogen and oxygen atoms in total. The molecule has 0 aliphatic heterocycles. The topological polar surface area (TPSA) is 65.0 Å². The Hall–Kier alpha value is -4.35. The van der Waals surface area contributed by atoms with Crippen LogP contribution in [0.1, 0.15) is 69.6 Å². The molecule has 0 radical (unpaired) electrons. The van der Waals surface area contributed by atoms with Crippen LogP contribution < -0.4 is 4.74 Å². The molecular formula is C38H46O5. The standard InChI is InChI=1S/C20H22O2.C10H16O2.C8H8O/c1-3-21-17(2)22-20-15-13-19(14-16-20)12-8-7-11-18-9-5-4-6-10-18;1-8(2)10(11)12-9-6-4-3-5-7-9;1-2-7-3-5-8(9)6-4-7/h4-17H,3H2,1-2H3;9H,1,3-7H2,2H3;2-6,9H,1H2. The number of benzene rings is 3. The third-order valence-corrected chi connectivity index (χ3v) is 6.37. The van der Waals surface area contributed by atoms with Crippen LogP contribution in [-0.4, -0.2) is 30.1 Å². The zero-order valence-corrected chi connectivity index (χ0v) is 25.8. The zero-order chi connectivity index (χ0) is 31.3. The molecule has 0 bridgehead atoms. The highest BCUT2D eigenvalue weighted by Gasteiger charge is 2.17. The number of esters is 1. The van der Waals surface area contributed by atoms with Crippen molar-refractivity contribution >= 4 is 24.2 Å². The smallest absolute Gasteiger partial charge is 0.333 e. The van der Waals surface area contributed by atoms with E-state index in [1.807, 2.05) is 80.6 Å². The number of hydrogen-bond acceptors (Lipinski definition) is 5. The van der Waals surface area contributed by atoms with Crippen molar-refractivity contribution < 1.29 is 24.1 Å². The van der Waals surface area contributed by atoms with Gasteiger partial charge in [0, 0.05) is 12.2 Å². The highest BCUT2D eigenvalue weighted by atomic mass is 16.7. The van der Waals surface area contributed by atoms with Crippen molar-refractivity contribution in [3.8, 4) is 11.5 Å². The molecular weight excluding hydrogens is 536 g/mol. The molecule has 1 atom stereocenters. The number of ether oxygens (including phenoxy) is 3. The van der Waals surface area contributed by atoms with Crippen LogP contribution in [-0.2, 0) is 14.3 Å². The molecule has 0 spiro atoms. The van der Waals surface area contributed by atoms with Gasteiger partial charge in [0.15, 0.2) is 6.29 Å². The average Bonchev–Trinajstić information content (AvgIpc) is 3.02. The molecule has 1 saturated carbocycles. The third kappa shape index (κ3) is 15.5. The van der Waals surface area contributed by atoms with E-state index in [1.165, 1.54) is 24.8 Å². The number of aromatic hydroxyl groups is 1. The van der Waals surface area contributed by atoms with Crippen LogP contribution in [0, 0.1) is 0 Å². The molecule has 4 rings (SSSR count). The van der Waals surface area contributed by atoms with Crippen molar-refractivity contribution in [3.05, 3.63) is 126 Å². The quantitative estimate of drug-likeness (QED) is 0.112. The van der Waals surface area contributed by atoms with Crippen molar-refractivity contribution in [2.24, 2.45) is 0 Å². The van der Waals surface area contributed by atoms with Crippen LogP contribution in [0.4, 0.5) is 0 Å². The van der Waals surface area contributed by atoms with Crippen molar-refractivity contribution in [2.45, 2.75) is 65.3 Å². The maximum absolute atomic E-state index is 11.1. The lowest BCUT2D eigenvalue weighted by molar-refractivity contribution is -0.145. The van der Waals surface area contributed by atoms with Gasteiger partial charge in [-0.15, -0.1) is 0 Å². The first kappa shape index (κ1) is 34.8. The van der Waals surface area contributed by atoms with E-state index in [1.54, 1.807) is 25.1 Å². The lowest BCUT2D eigenvalue weighted by atomic mass is 9.98. The lowest BCUT2D eigenvalue weighted by Crippen LogP contribution is -2.20. The highest BCUT2D eigenvalue weighted by Crippen LogP contribution is 2.21. The Bertz CT molecular complexity index is 1270. The summed E-state index contributed by atoms with van der Waals surface area (Å²) in [5, 5.41) is 8.82. The van der Waals surface area contributed by atoms with Gasteiger partial charge in [0.25, 0.3) is 0 Å². The highest BCUT2D eigenvalue weighted by molar-refractivity contribution is 5.87. The number of carbonyl (C=O) groups excluding carboxylic acids is 1. The van der Waals surface area contributed by atoms with Crippen molar-refractivity contribution in [1.82, 2.24) is 0 Å². The van der Waals surface area contributed by atoms with Crippen LogP contribution in [0.2, 0.25) is 0 Å². The summed E-state index contributed by atoms with van der Waals surface area (Å²) in [6.07, 6.45) is 15.6. The van der Waals surface area contributed by atoms with Gasteiger partial charge in [-0.05, 0) is 87.4 Å². The van der Waals surface area contributed by atoms with E-state index in [9.17, 15) is 4.79 Å². The molecule has 1 aliphatic carbocycles. The minimum absolute atomic E-state index is 0.156. The summed E-state index contributed by atoms with van der Waals surface area (Å²) in [6.45, 7) is 13.3. The Morgan fingerprint density at radius 2 is 1.44 bits per heavy atom. The minimum atomic E-state index is -0.234. The van der Waals surface area contributed by atoms with Gasteiger partial charge in [-0.3, -0.25) is 0 Å². The Balaban J connectivity index is 0.000000256. The van der Waals surface area contributed by atoms with Gasteiger partial charge in [0.05, 0.1) is 0 Å². The largest absolute Gasteiger partial charge is 0.508 e. The van der Waals surface area contributed by atoms with Gasteiger partial charge >= 0.3 is 5.97 Å². The first-order chi connectivity index (χ1) is 20.8. The molecule has 0 aromatic heterocycles. The van der Waals surface area contributed by atoms with E-state index in [2.05, 4.69) is 37.4 Å². The molecule has 43 heavy (non-hydrogen) atoms. The second-order valence-corrected chi connectivity index (χ2v) is 10.1. The second kappa shape index (κ2) is 20.5. The SMILES string of the molecule is C=C(C)C(=O)OC1CCCCC1.C=Cc1ccc(O)cc1.CCOC(C)Oc1ccc(C=CC=Cc2ccccc2)cc1. The normalized spacial score (nSPS) is 13.7. The predicted molar refractivity (Wildman–Crippen MR) is 179 cm³/mol. The van der Waals surface area contributed by atoms with Crippen LogP contribution in [0.25, 0.3) is 18.2 Å². The van der Waals surface area contributed by atoms with E-state index in [-0.39, 0.29) is 18.4 Å². The summed E-state index contributed by atoms with van der Waals surface area (Å²) < 4.78 is 16.2. The molecule has 3 aromatic carbocycles. The van der Waals surface area contributed by atoms with E-state index in [0.717, 1.165) is 29.7 Å². The van der Waals surface area contributed by atoms with Crippen molar-refractivity contribution in [1.29, 1.82) is 0 Å². The fourth-order valence-corrected chi connectivity index (χ4v) is 4.06. The summed E-state index contributed by atoms with van der Waals surface area (Å²) in [5.41, 5.74) is 3.85. The molecule has 5 heteroatoms. The van der Waals surface area contributed by atoms with Crippen LogP contribution in [0.5, 0.6) is 11.5 Å². The summed E-state index contributed by atoms with van der Waals surface area (Å²) in [7, 11) is 0. The summed E-state index contributed by atoms with van der Waals surface area (Å²) in [5.74, 6) is 0.875. The maximum Gasteiger partial charge on any atom is 0.333 e. The van der Waals surface area contributed by atoms with E-state index >= 15 is 0 Å². The van der Waals surface area contributed by atoms with Gasteiger partial charge in [-0.1, -0.05) is 105 Å². The summed E-state index contributed by atoms with van der Waals surface area (Å²) >= 11 is 0. The van der Waals surface area contributed by atoms with Gasteiger partial charge in [-0.2, -0.15) is 0 Å². The third-order valence-electron chi connectivity index (χ3n) is 6.37. The zero-order valence-electron chi connectivity index (χ0n) is 25.8. The second-order valence-electron chi connectivity index (χ2n) is 10.1. The monoisotopic (exact) mass is 582 g/mol. The number of allylic oxidation sites excluding steroid dienone is 2. The maximum atomic E-state index is 11.1. The van der Waals surface area contributed by atoms with Crippen molar-refractivity contribution in [3.63, 3.8) is 0 Å². The number of carbonyl (C=O) groups is 1. The molecule has 1 aliphatic rings. The lowest BCUT2D eigenvalue weighted by Gasteiger charge is -2.21. The van der Waals surface area contributed by atoms with E-state index in [4.69, 9.17) is 19.3 Å². The van der Waals surface area contributed by atoms with Gasteiger partial charge < -0.3 is 19.3 Å². The molecule has 228 valence electrons. The van der Waals surface area contributed by atoms with Crippen LogP contribution in [0.3, 0.4) is 0 Å². The molecule has 1 fully saturated rings. The summed E-state index contributed by atoms with van der Waals surface area (Å²) in [6, 6.07) is 25.1. The van der Waals surface area contributed by atoms with Gasteiger partial charge in [0.1, 0.15) is 17.6 Å². The summed E-state index contributed by atoms with van der Waals surface area (Å²) in [4.78, 5) is 11.1. The van der Waals surface area contributed by atoms with Crippen LogP contribution in [0.15, 0.2) is 110 Å². The Labute approximate surface area is 257 Å². The van der Waals surface area contributed by atoms with Crippen LogP contribution >= 0.6 is 0 Å². The van der Waals surface area contributed by atoms with Gasteiger partial charge in [0.2, 0.25) is 0 Å². The average molecular weight is 583 g/mol. The molecule has 0 amide bonds. The van der Waals surface area contributed by atoms with E-state index < -0.39 is 0 Å². The minimum Gasteiger partial charge on any atom is -0.508 e. The first-order valence-electron chi connectivity index (χ1n) is 14.9. The number of rotatable bonds is 10. The molecule has 1 unspecified atom stereocenters. The fraction of sp³-hybridized carbons (Fsp3) is 0.289. The Morgan fingerprint density at radius 3 is 1.98 bits per heavy atom. The number of hydrogen-bond donors (Lipinski definition) is 1. The number of phenols is 1. The molecule has 3 aromatic rings. The molecule has 0 heterocycles. The van der Waals surface area contributed by atoms with Gasteiger partial charge in [-0.25, -0.2) is 4.79 Å².